The highest BCUT2D eigenvalue weighted by atomic mass is 16.6. The third-order valence-corrected chi connectivity index (χ3v) is 2.61. The Kier molecular flexibility index (Phi) is 3.66. The van der Waals surface area contributed by atoms with E-state index in [9.17, 15) is 14.7 Å². The summed E-state index contributed by atoms with van der Waals surface area (Å²) >= 11 is 0. The second kappa shape index (κ2) is 4.52. The van der Waals surface area contributed by atoms with Gasteiger partial charge < -0.3 is 20.1 Å². The number of carboxylic acid groups (broad SMARTS) is 1. The van der Waals surface area contributed by atoms with E-state index in [0.29, 0.717) is 19.5 Å². The number of ether oxygens (including phenoxy) is 1. The maximum Gasteiger partial charge on any atom is 0.408 e. The molecule has 1 aliphatic heterocycles. The molecule has 0 bridgehead atoms. The lowest BCUT2D eigenvalue weighted by molar-refractivity contribution is -0.144. The zero-order valence-electron chi connectivity index (χ0n) is 10.7. The molecule has 0 aliphatic carbocycles. The maximum absolute atomic E-state index is 11.6. The van der Waals surface area contributed by atoms with Crippen LogP contribution in [0.4, 0.5) is 4.79 Å². The van der Waals surface area contributed by atoms with E-state index < -0.39 is 23.2 Å². The van der Waals surface area contributed by atoms with Gasteiger partial charge in [-0.05, 0) is 34.2 Å². The number of amides is 1. The van der Waals surface area contributed by atoms with E-state index in [1.165, 1.54) is 0 Å². The summed E-state index contributed by atoms with van der Waals surface area (Å²) in [6, 6.07) is 0. The normalized spacial score (nSPS) is 25.6. The fourth-order valence-electron chi connectivity index (χ4n) is 1.83. The first-order valence-corrected chi connectivity index (χ1v) is 5.58. The summed E-state index contributed by atoms with van der Waals surface area (Å²) in [4.78, 5) is 24.8. The summed E-state index contributed by atoms with van der Waals surface area (Å²) in [5.41, 5.74) is -1.86. The molecule has 1 fully saturated rings. The van der Waals surface area contributed by atoms with Crippen molar-refractivity contribution in [1.82, 2.24) is 10.2 Å². The standard InChI is InChI=1S/C11H20N2O4/c1-10(2,3)17-9(16)12-11(8(14)15)5-6-13(4)7-11/h5-7H2,1-4H3,(H,12,16)(H,14,15)/t11-/m1/s1. The van der Waals surface area contributed by atoms with Gasteiger partial charge in [0.1, 0.15) is 5.60 Å². The molecular weight excluding hydrogens is 224 g/mol. The molecule has 0 aromatic carbocycles. The average molecular weight is 244 g/mol. The van der Waals surface area contributed by atoms with Crippen LogP contribution in [0.1, 0.15) is 27.2 Å². The highest BCUT2D eigenvalue weighted by molar-refractivity contribution is 5.85. The first-order chi connectivity index (χ1) is 7.65. The monoisotopic (exact) mass is 244 g/mol. The van der Waals surface area contributed by atoms with Crippen LogP contribution in [0.3, 0.4) is 0 Å². The predicted molar refractivity (Wildman–Crippen MR) is 61.9 cm³/mol. The highest BCUT2D eigenvalue weighted by Gasteiger charge is 2.45. The van der Waals surface area contributed by atoms with E-state index in [-0.39, 0.29) is 0 Å². The Hall–Kier alpha value is -1.30. The molecule has 6 nitrogen and oxygen atoms in total. The Morgan fingerprint density at radius 3 is 2.35 bits per heavy atom. The second-order valence-electron chi connectivity index (χ2n) is 5.50. The lowest BCUT2D eigenvalue weighted by atomic mass is 9.99. The van der Waals surface area contributed by atoms with Crippen molar-refractivity contribution in [1.29, 1.82) is 0 Å². The molecule has 0 radical (unpaired) electrons. The van der Waals surface area contributed by atoms with E-state index in [1.807, 2.05) is 11.9 Å². The van der Waals surface area contributed by atoms with Gasteiger partial charge in [-0.1, -0.05) is 0 Å². The SMILES string of the molecule is CN1CC[C@](NC(=O)OC(C)(C)C)(C(=O)O)C1. The minimum Gasteiger partial charge on any atom is -0.479 e. The van der Waals surface area contributed by atoms with E-state index in [1.54, 1.807) is 20.8 Å². The van der Waals surface area contributed by atoms with Crippen molar-refractivity contribution < 1.29 is 19.4 Å². The van der Waals surface area contributed by atoms with E-state index in [4.69, 9.17) is 4.74 Å². The second-order valence-corrected chi connectivity index (χ2v) is 5.50. The highest BCUT2D eigenvalue weighted by Crippen LogP contribution is 2.21. The van der Waals surface area contributed by atoms with Crippen molar-refractivity contribution in [3.05, 3.63) is 0 Å². The van der Waals surface area contributed by atoms with Gasteiger partial charge in [0, 0.05) is 13.1 Å². The molecule has 1 atom stereocenters. The van der Waals surface area contributed by atoms with Crippen LogP contribution in [0.15, 0.2) is 0 Å². The lowest BCUT2D eigenvalue weighted by Crippen LogP contribution is -2.57. The van der Waals surface area contributed by atoms with Crippen LogP contribution in [0.25, 0.3) is 0 Å². The van der Waals surface area contributed by atoms with Gasteiger partial charge in [0.05, 0.1) is 0 Å². The number of hydrogen-bond acceptors (Lipinski definition) is 4. The van der Waals surface area contributed by atoms with Crippen LogP contribution >= 0.6 is 0 Å². The van der Waals surface area contributed by atoms with Crippen molar-refractivity contribution in [3.8, 4) is 0 Å². The number of aliphatic carboxylic acids is 1. The van der Waals surface area contributed by atoms with Gasteiger partial charge >= 0.3 is 12.1 Å². The molecule has 6 heteroatoms. The number of nitrogens with zero attached hydrogens (tertiary/aromatic N) is 1. The molecular formula is C11H20N2O4. The predicted octanol–water partition coefficient (Wildman–Crippen LogP) is 0.670. The molecule has 0 unspecified atom stereocenters. The van der Waals surface area contributed by atoms with Crippen molar-refractivity contribution in [2.45, 2.75) is 38.3 Å². The minimum absolute atomic E-state index is 0.293. The largest absolute Gasteiger partial charge is 0.479 e. The molecule has 1 amide bonds. The summed E-state index contributed by atoms with van der Waals surface area (Å²) in [5, 5.41) is 11.7. The maximum atomic E-state index is 11.6. The van der Waals surface area contributed by atoms with Crippen molar-refractivity contribution in [3.63, 3.8) is 0 Å². The lowest BCUT2D eigenvalue weighted by Gasteiger charge is -2.27. The summed E-state index contributed by atoms with van der Waals surface area (Å²) in [6.07, 6.45) is -0.298. The molecule has 0 spiro atoms. The molecule has 0 aromatic rings. The number of hydrogen-bond donors (Lipinski definition) is 2. The van der Waals surface area contributed by atoms with Crippen LogP contribution in [0.2, 0.25) is 0 Å². The number of likely N-dealkylation sites (tertiary alicyclic amines) is 1. The zero-order chi connectivity index (χ0) is 13.3. The Balaban J connectivity index is 2.69. The van der Waals surface area contributed by atoms with Gasteiger partial charge in [0.2, 0.25) is 0 Å². The molecule has 17 heavy (non-hydrogen) atoms. The third kappa shape index (κ3) is 3.59. The number of carbonyl (C=O) groups excluding carboxylic acids is 1. The van der Waals surface area contributed by atoms with Gasteiger partial charge in [-0.3, -0.25) is 0 Å². The Morgan fingerprint density at radius 2 is 2.00 bits per heavy atom. The molecule has 0 aromatic heterocycles. The number of carboxylic acids is 1. The fraction of sp³-hybridized carbons (Fsp3) is 0.818. The fourth-order valence-corrected chi connectivity index (χ4v) is 1.83. The van der Waals surface area contributed by atoms with E-state index >= 15 is 0 Å². The van der Waals surface area contributed by atoms with Crippen molar-refractivity contribution in [2.24, 2.45) is 0 Å². The van der Waals surface area contributed by atoms with Crippen molar-refractivity contribution in [2.75, 3.05) is 20.1 Å². The number of likely N-dealkylation sites (N-methyl/N-ethyl adjacent to an activating group) is 1. The number of carbonyl (C=O) groups is 2. The smallest absolute Gasteiger partial charge is 0.408 e. The minimum atomic E-state index is -1.23. The average Bonchev–Trinajstić information content (AvgIpc) is 2.44. The van der Waals surface area contributed by atoms with Crippen molar-refractivity contribution >= 4 is 12.1 Å². The molecule has 1 saturated heterocycles. The molecule has 1 aliphatic rings. The van der Waals surface area contributed by atoms with Crippen LogP contribution in [0.5, 0.6) is 0 Å². The molecule has 98 valence electrons. The Bertz CT molecular complexity index is 324. The van der Waals surface area contributed by atoms with Crippen LogP contribution in [-0.4, -0.2) is 53.3 Å². The summed E-state index contributed by atoms with van der Waals surface area (Å²) in [5.74, 6) is -1.02. The van der Waals surface area contributed by atoms with E-state index in [2.05, 4.69) is 5.32 Å². The van der Waals surface area contributed by atoms with Gasteiger partial charge in [-0.15, -0.1) is 0 Å². The zero-order valence-corrected chi connectivity index (χ0v) is 10.7. The Morgan fingerprint density at radius 1 is 1.41 bits per heavy atom. The number of rotatable bonds is 2. The first kappa shape index (κ1) is 13.8. The third-order valence-electron chi connectivity index (χ3n) is 2.61. The van der Waals surface area contributed by atoms with Crippen LogP contribution in [-0.2, 0) is 9.53 Å². The molecule has 1 heterocycles. The quantitative estimate of drug-likeness (QED) is 0.746. The summed E-state index contributed by atoms with van der Waals surface area (Å²) in [6.45, 7) is 6.14. The summed E-state index contributed by atoms with van der Waals surface area (Å²) < 4.78 is 5.08. The number of nitrogens with one attached hydrogen (secondary N) is 1. The molecule has 2 N–H and O–H groups in total. The summed E-state index contributed by atoms with van der Waals surface area (Å²) in [7, 11) is 1.82. The molecule has 0 saturated carbocycles. The van der Waals surface area contributed by atoms with E-state index in [0.717, 1.165) is 0 Å². The Labute approximate surface area is 101 Å². The van der Waals surface area contributed by atoms with Crippen LogP contribution in [0, 0.1) is 0 Å². The van der Waals surface area contributed by atoms with Gasteiger partial charge in [-0.2, -0.15) is 0 Å². The molecule has 1 rings (SSSR count). The topological polar surface area (TPSA) is 78.9 Å². The first-order valence-electron chi connectivity index (χ1n) is 5.58. The van der Waals surface area contributed by atoms with Crippen LogP contribution < -0.4 is 5.32 Å². The van der Waals surface area contributed by atoms with Gasteiger partial charge in [-0.25, -0.2) is 9.59 Å². The van der Waals surface area contributed by atoms with Gasteiger partial charge in [0.25, 0.3) is 0 Å². The number of alkyl carbamates (subject to hydrolysis) is 1. The van der Waals surface area contributed by atoms with Gasteiger partial charge in [0.15, 0.2) is 5.54 Å².